The Labute approximate surface area is 115 Å². The zero-order valence-electron chi connectivity index (χ0n) is 10.8. The fourth-order valence-corrected chi connectivity index (χ4v) is 4.11. The zero-order valence-corrected chi connectivity index (χ0v) is 12.5. The Morgan fingerprint density at radius 3 is 2.68 bits per heavy atom. The van der Waals surface area contributed by atoms with Crippen LogP contribution in [0.4, 0.5) is 0 Å². The van der Waals surface area contributed by atoms with Crippen molar-refractivity contribution in [2.24, 2.45) is 0 Å². The molecular weight excluding hydrogens is 292 g/mol. The maximum atomic E-state index is 12.1. The van der Waals surface area contributed by atoms with Crippen molar-refractivity contribution in [1.29, 1.82) is 0 Å². The predicted octanol–water partition coefficient (Wildman–Crippen LogP) is 0.610. The number of methoxy groups -OCH3 is 1. The highest BCUT2D eigenvalue weighted by molar-refractivity contribution is 7.91. The molecule has 0 saturated carbocycles. The number of sulfonamides is 1. The van der Waals surface area contributed by atoms with Gasteiger partial charge in [-0.2, -0.15) is 0 Å². The Hall–Kier alpha value is -1.03. The van der Waals surface area contributed by atoms with Crippen LogP contribution in [0.2, 0.25) is 0 Å². The Bertz CT molecular complexity index is 554. The van der Waals surface area contributed by atoms with Gasteiger partial charge in [-0.15, -0.1) is 11.3 Å². The quantitative estimate of drug-likeness (QED) is 0.764. The predicted molar refractivity (Wildman–Crippen MR) is 69.7 cm³/mol. The van der Waals surface area contributed by atoms with Crippen molar-refractivity contribution in [2.75, 3.05) is 13.7 Å². The number of hydrogen-bond acceptors (Lipinski definition) is 6. The van der Waals surface area contributed by atoms with Gasteiger partial charge in [0.1, 0.15) is 0 Å². The number of aromatic nitrogens is 1. The summed E-state index contributed by atoms with van der Waals surface area (Å²) in [6.45, 7) is 3.13. The van der Waals surface area contributed by atoms with Gasteiger partial charge in [0, 0.05) is 7.11 Å². The fraction of sp³-hybridized carbons (Fsp3) is 0.600. The highest BCUT2D eigenvalue weighted by atomic mass is 32.2. The Balaban J connectivity index is 2.98. The summed E-state index contributed by atoms with van der Waals surface area (Å²) in [6.07, 6.45) is 0.869. The Kier molecular flexibility index (Phi) is 5.02. The molecule has 1 rings (SSSR count). The number of thiazole rings is 1. The number of ether oxygens (including phenoxy) is 1. The molecule has 0 amide bonds. The van der Waals surface area contributed by atoms with E-state index in [1.165, 1.54) is 20.2 Å². The third-order valence-electron chi connectivity index (χ3n) is 2.25. The van der Waals surface area contributed by atoms with Crippen LogP contribution in [0.1, 0.15) is 18.4 Å². The number of aliphatic carboxylic acids is 1. The highest BCUT2D eigenvalue weighted by Crippen LogP contribution is 2.21. The summed E-state index contributed by atoms with van der Waals surface area (Å²) in [7, 11) is -2.42. The second-order valence-electron chi connectivity index (χ2n) is 4.37. The van der Waals surface area contributed by atoms with E-state index >= 15 is 0 Å². The molecule has 108 valence electrons. The van der Waals surface area contributed by atoms with Crippen LogP contribution in [0, 0.1) is 6.92 Å². The summed E-state index contributed by atoms with van der Waals surface area (Å²) in [5.74, 6) is -1.11. The number of rotatable bonds is 7. The molecule has 0 spiro atoms. The number of hydrogen-bond donors (Lipinski definition) is 2. The van der Waals surface area contributed by atoms with Crippen LogP contribution in [0.25, 0.3) is 0 Å². The minimum absolute atomic E-state index is 0.0453. The van der Waals surface area contributed by atoms with E-state index in [2.05, 4.69) is 9.71 Å². The highest BCUT2D eigenvalue weighted by Gasteiger charge is 2.34. The molecule has 1 heterocycles. The first-order valence-corrected chi connectivity index (χ1v) is 7.66. The summed E-state index contributed by atoms with van der Waals surface area (Å²) < 4.78 is 31.6. The number of carboxylic acid groups (broad SMARTS) is 1. The smallest absolute Gasteiger partial charge is 0.305 e. The summed E-state index contributed by atoms with van der Waals surface area (Å²) in [4.78, 5) is 14.7. The lowest BCUT2D eigenvalue weighted by Crippen LogP contribution is -2.50. The second-order valence-corrected chi connectivity index (χ2v) is 7.51. The summed E-state index contributed by atoms with van der Waals surface area (Å²) >= 11 is 1.02. The first-order valence-electron chi connectivity index (χ1n) is 5.36. The SMILES string of the molecule is COCC(C)(CC(=O)O)NS(=O)(=O)c1cnc(C)s1. The Morgan fingerprint density at radius 2 is 2.26 bits per heavy atom. The molecular formula is C10H16N2O5S2. The van der Waals surface area contributed by atoms with E-state index in [1.807, 2.05) is 0 Å². The van der Waals surface area contributed by atoms with Gasteiger partial charge in [0.05, 0.1) is 29.8 Å². The molecule has 7 nitrogen and oxygen atoms in total. The largest absolute Gasteiger partial charge is 0.481 e. The van der Waals surface area contributed by atoms with Gasteiger partial charge in [-0.25, -0.2) is 18.1 Å². The number of aryl methyl sites for hydroxylation is 1. The maximum absolute atomic E-state index is 12.1. The van der Waals surface area contributed by atoms with Gasteiger partial charge >= 0.3 is 5.97 Å². The molecule has 0 bridgehead atoms. The van der Waals surface area contributed by atoms with Gasteiger partial charge < -0.3 is 9.84 Å². The summed E-state index contributed by atoms with van der Waals surface area (Å²) in [6, 6.07) is 0. The van der Waals surface area contributed by atoms with E-state index in [0.717, 1.165) is 11.3 Å². The standard InChI is InChI=1S/C10H16N2O5S2/c1-7-11-5-9(18-7)19(15,16)12-10(2,6-17-3)4-8(13)14/h5,12H,4,6H2,1-3H3,(H,13,14). The van der Waals surface area contributed by atoms with Gasteiger partial charge in [0.2, 0.25) is 0 Å². The summed E-state index contributed by atoms with van der Waals surface area (Å²) in [5, 5.41) is 9.46. The summed E-state index contributed by atoms with van der Waals surface area (Å²) in [5.41, 5.74) is -1.21. The molecule has 9 heteroatoms. The molecule has 0 radical (unpaired) electrons. The van der Waals surface area contributed by atoms with Crippen LogP contribution in [-0.4, -0.2) is 43.7 Å². The lowest BCUT2D eigenvalue weighted by Gasteiger charge is -2.27. The van der Waals surface area contributed by atoms with E-state index in [4.69, 9.17) is 9.84 Å². The molecule has 1 unspecified atom stereocenters. The van der Waals surface area contributed by atoms with Gasteiger partial charge in [-0.05, 0) is 13.8 Å². The lowest BCUT2D eigenvalue weighted by molar-refractivity contribution is -0.138. The van der Waals surface area contributed by atoms with Crippen LogP contribution in [0.3, 0.4) is 0 Å². The second kappa shape index (κ2) is 5.95. The maximum Gasteiger partial charge on any atom is 0.305 e. The lowest BCUT2D eigenvalue weighted by atomic mass is 10.0. The van der Waals surface area contributed by atoms with Crippen molar-refractivity contribution in [2.45, 2.75) is 30.0 Å². The Morgan fingerprint density at radius 1 is 1.63 bits per heavy atom. The molecule has 0 aliphatic carbocycles. The van der Waals surface area contributed by atoms with Crippen molar-refractivity contribution in [1.82, 2.24) is 9.71 Å². The van der Waals surface area contributed by atoms with E-state index in [0.29, 0.717) is 5.01 Å². The molecule has 0 saturated heterocycles. The number of carboxylic acids is 1. The molecule has 2 N–H and O–H groups in total. The first kappa shape index (κ1) is 16.0. The number of nitrogens with zero attached hydrogens (tertiary/aromatic N) is 1. The van der Waals surface area contributed by atoms with Crippen LogP contribution in [0.5, 0.6) is 0 Å². The first-order chi connectivity index (χ1) is 8.68. The van der Waals surface area contributed by atoms with Crippen molar-refractivity contribution < 1.29 is 23.1 Å². The molecule has 0 aliphatic rings. The fourth-order valence-electron chi connectivity index (χ4n) is 1.61. The van der Waals surface area contributed by atoms with E-state index in [9.17, 15) is 13.2 Å². The monoisotopic (exact) mass is 308 g/mol. The van der Waals surface area contributed by atoms with Crippen LogP contribution in [-0.2, 0) is 19.6 Å². The van der Waals surface area contributed by atoms with Crippen LogP contribution < -0.4 is 4.72 Å². The third-order valence-corrected chi connectivity index (χ3v) is 5.26. The average molecular weight is 308 g/mol. The van der Waals surface area contributed by atoms with Gasteiger partial charge in [0.25, 0.3) is 10.0 Å². The number of nitrogens with one attached hydrogen (secondary N) is 1. The molecule has 0 aliphatic heterocycles. The van der Waals surface area contributed by atoms with Crippen molar-refractivity contribution in [3.8, 4) is 0 Å². The van der Waals surface area contributed by atoms with Crippen molar-refractivity contribution >= 4 is 27.3 Å². The van der Waals surface area contributed by atoms with Crippen molar-refractivity contribution in [3.05, 3.63) is 11.2 Å². The molecule has 0 aromatic carbocycles. The van der Waals surface area contributed by atoms with Crippen LogP contribution >= 0.6 is 11.3 Å². The third kappa shape index (κ3) is 4.53. The minimum Gasteiger partial charge on any atom is -0.481 e. The molecule has 1 atom stereocenters. The van der Waals surface area contributed by atoms with E-state index in [1.54, 1.807) is 6.92 Å². The molecule has 1 aromatic rings. The van der Waals surface area contributed by atoms with Gasteiger partial charge in [-0.1, -0.05) is 0 Å². The van der Waals surface area contributed by atoms with Gasteiger partial charge in [-0.3, -0.25) is 4.79 Å². The van der Waals surface area contributed by atoms with Crippen molar-refractivity contribution in [3.63, 3.8) is 0 Å². The van der Waals surface area contributed by atoms with E-state index < -0.39 is 21.5 Å². The number of carbonyl (C=O) groups is 1. The van der Waals surface area contributed by atoms with Gasteiger partial charge in [0.15, 0.2) is 4.21 Å². The zero-order chi connectivity index (χ0) is 14.7. The molecule has 19 heavy (non-hydrogen) atoms. The van der Waals surface area contributed by atoms with E-state index in [-0.39, 0.29) is 17.2 Å². The molecule has 1 aromatic heterocycles. The minimum atomic E-state index is -3.80. The molecule has 0 fully saturated rings. The van der Waals surface area contributed by atoms with Crippen LogP contribution in [0.15, 0.2) is 10.4 Å². The average Bonchev–Trinajstić information content (AvgIpc) is 2.62. The normalized spacial score (nSPS) is 15.1. The topological polar surface area (TPSA) is 106 Å².